The number of para-hydroxylation sites is 1. The van der Waals surface area contributed by atoms with Gasteiger partial charge in [0, 0.05) is 27.1 Å². The van der Waals surface area contributed by atoms with Gasteiger partial charge in [-0.25, -0.2) is 0 Å². The van der Waals surface area contributed by atoms with E-state index in [4.69, 9.17) is 23.2 Å². The van der Waals surface area contributed by atoms with Crippen LogP contribution in [0.3, 0.4) is 0 Å². The summed E-state index contributed by atoms with van der Waals surface area (Å²) in [6, 6.07) is 19.0. The smallest absolute Gasteiger partial charge is 0.310 e. The minimum atomic E-state index is -2.20. The second kappa shape index (κ2) is 9.07. The van der Waals surface area contributed by atoms with Crippen LogP contribution in [-0.4, -0.2) is 27.7 Å². The van der Waals surface area contributed by atoms with Crippen molar-refractivity contribution >= 4 is 51.7 Å². The predicted octanol–water partition coefficient (Wildman–Crippen LogP) is 3.74. The van der Waals surface area contributed by atoms with E-state index >= 15 is 0 Å². The van der Waals surface area contributed by atoms with Gasteiger partial charge in [-0.3, -0.25) is 25.2 Å². The lowest BCUT2D eigenvalue weighted by Crippen LogP contribution is -2.53. The highest BCUT2D eigenvalue weighted by Gasteiger charge is 2.40. The van der Waals surface area contributed by atoms with Crippen LogP contribution in [0.5, 0.6) is 0 Å². The molecule has 3 aromatic carbocycles. The van der Waals surface area contributed by atoms with Crippen LogP contribution in [-0.2, 0) is 15.2 Å². The molecule has 0 aliphatic carbocycles. The van der Waals surface area contributed by atoms with Crippen molar-refractivity contribution in [3.05, 3.63) is 106 Å². The van der Waals surface area contributed by atoms with Gasteiger partial charge in [0.25, 0.3) is 11.7 Å². The van der Waals surface area contributed by atoms with E-state index in [9.17, 15) is 19.5 Å². The van der Waals surface area contributed by atoms with Gasteiger partial charge < -0.3 is 10.1 Å². The molecule has 1 aromatic heterocycles. The minimum Gasteiger partial charge on any atom is -0.372 e. The molecule has 0 unspecified atom stereocenters. The number of rotatable bonds is 5. The highest BCUT2D eigenvalue weighted by molar-refractivity contribution is 6.45. The molecule has 0 radical (unpaired) electrons. The molecule has 0 aliphatic rings. The zero-order valence-electron chi connectivity index (χ0n) is 16.9. The average molecular weight is 482 g/mol. The molecule has 0 fully saturated rings. The molecular weight excluding hydrogens is 465 g/mol. The normalized spacial score (nSPS) is 11.2. The summed E-state index contributed by atoms with van der Waals surface area (Å²) in [5.41, 5.74) is 3.29. The number of hydrogen-bond acceptors (Lipinski definition) is 4. The second-order valence-electron chi connectivity index (χ2n) is 7.21. The van der Waals surface area contributed by atoms with E-state index in [1.807, 2.05) is 0 Å². The first kappa shape index (κ1) is 22.5. The molecule has 4 rings (SSSR count). The Morgan fingerprint density at radius 3 is 1.91 bits per heavy atom. The second-order valence-corrected chi connectivity index (χ2v) is 8.08. The topological polar surface area (TPSA) is 111 Å². The maximum atomic E-state index is 13.1. The van der Waals surface area contributed by atoms with Crippen molar-refractivity contribution in [2.45, 2.75) is 5.60 Å². The van der Waals surface area contributed by atoms with Gasteiger partial charge in [-0.15, -0.1) is 0 Å². The molecule has 0 spiro atoms. The molecule has 166 valence electrons. The number of amides is 2. The summed E-state index contributed by atoms with van der Waals surface area (Å²) >= 11 is 11.9. The van der Waals surface area contributed by atoms with Crippen LogP contribution in [0.4, 0.5) is 0 Å². The summed E-state index contributed by atoms with van der Waals surface area (Å²) in [5, 5.41) is 12.8. The van der Waals surface area contributed by atoms with Crippen molar-refractivity contribution in [3.8, 4) is 0 Å². The molecule has 1 heterocycles. The van der Waals surface area contributed by atoms with Gasteiger partial charge in [0.2, 0.25) is 0 Å². The van der Waals surface area contributed by atoms with Crippen LogP contribution >= 0.6 is 23.2 Å². The van der Waals surface area contributed by atoms with E-state index in [1.54, 1.807) is 24.3 Å². The maximum absolute atomic E-state index is 13.1. The molecular formula is C24H17Cl2N3O4. The number of aromatic amines is 1. The van der Waals surface area contributed by atoms with Crippen LogP contribution < -0.4 is 10.9 Å². The fourth-order valence-electron chi connectivity index (χ4n) is 3.45. The summed E-state index contributed by atoms with van der Waals surface area (Å²) in [6.45, 7) is 0. The Morgan fingerprint density at radius 1 is 0.788 bits per heavy atom. The van der Waals surface area contributed by atoms with Gasteiger partial charge in [-0.2, -0.15) is 0 Å². The Morgan fingerprint density at radius 2 is 1.33 bits per heavy atom. The third-order valence-corrected chi connectivity index (χ3v) is 5.69. The highest BCUT2D eigenvalue weighted by atomic mass is 35.5. The lowest BCUT2D eigenvalue weighted by Gasteiger charge is -2.28. The van der Waals surface area contributed by atoms with Gasteiger partial charge in [-0.05, 0) is 41.5 Å². The lowest BCUT2D eigenvalue weighted by molar-refractivity contribution is -0.139. The van der Waals surface area contributed by atoms with E-state index in [1.165, 1.54) is 54.7 Å². The molecule has 0 saturated carbocycles. The number of benzene rings is 3. The molecule has 0 aliphatic heterocycles. The zero-order chi connectivity index (χ0) is 23.6. The summed E-state index contributed by atoms with van der Waals surface area (Å²) in [5.74, 6) is -2.90. The number of Topliss-reactive ketones (excluding diaryl/α,β-unsaturated/α-hetero) is 1. The number of hydrogen-bond donors (Lipinski definition) is 4. The SMILES string of the molecule is O=C(NNC(=O)C(O)(c1ccc(Cl)cc1)c1ccc(Cl)cc1)C(=O)c1c[nH]c2ccccc12. The maximum Gasteiger partial charge on any atom is 0.310 e. The molecule has 0 saturated heterocycles. The summed E-state index contributed by atoms with van der Waals surface area (Å²) in [7, 11) is 0. The minimum absolute atomic E-state index is 0.156. The molecule has 7 nitrogen and oxygen atoms in total. The molecule has 33 heavy (non-hydrogen) atoms. The Labute approximate surface area is 198 Å². The highest BCUT2D eigenvalue weighted by Crippen LogP contribution is 2.31. The number of aromatic nitrogens is 1. The monoisotopic (exact) mass is 481 g/mol. The molecule has 2 amide bonds. The van der Waals surface area contributed by atoms with Crippen molar-refractivity contribution in [1.82, 2.24) is 15.8 Å². The predicted molar refractivity (Wildman–Crippen MR) is 125 cm³/mol. The van der Waals surface area contributed by atoms with Crippen molar-refractivity contribution in [3.63, 3.8) is 0 Å². The molecule has 0 atom stereocenters. The Kier molecular flexibility index (Phi) is 6.20. The molecule has 4 aromatic rings. The van der Waals surface area contributed by atoms with Crippen molar-refractivity contribution in [2.75, 3.05) is 0 Å². The van der Waals surface area contributed by atoms with Gasteiger partial charge in [0.05, 0.1) is 5.56 Å². The third kappa shape index (κ3) is 4.34. The van der Waals surface area contributed by atoms with Crippen LogP contribution in [0, 0.1) is 0 Å². The molecule has 4 N–H and O–H groups in total. The number of halogens is 2. The first-order valence-corrected chi connectivity index (χ1v) is 10.5. The van der Waals surface area contributed by atoms with Crippen LogP contribution in [0.2, 0.25) is 10.0 Å². The summed E-state index contributed by atoms with van der Waals surface area (Å²) in [4.78, 5) is 41.1. The quantitative estimate of drug-likeness (QED) is 0.197. The van der Waals surface area contributed by atoms with Gasteiger partial charge in [-0.1, -0.05) is 65.7 Å². The van der Waals surface area contributed by atoms with Crippen molar-refractivity contribution in [1.29, 1.82) is 0 Å². The van der Waals surface area contributed by atoms with E-state index < -0.39 is 23.2 Å². The van der Waals surface area contributed by atoms with Crippen LogP contribution in [0.25, 0.3) is 10.9 Å². The third-order valence-electron chi connectivity index (χ3n) is 5.18. The summed E-state index contributed by atoms with van der Waals surface area (Å²) in [6.07, 6.45) is 1.42. The molecule has 0 bridgehead atoms. The summed E-state index contributed by atoms with van der Waals surface area (Å²) < 4.78 is 0. The fourth-order valence-corrected chi connectivity index (χ4v) is 3.71. The molecule has 9 heteroatoms. The average Bonchev–Trinajstić information content (AvgIpc) is 3.26. The first-order chi connectivity index (χ1) is 15.8. The Bertz CT molecular complexity index is 1300. The lowest BCUT2D eigenvalue weighted by atomic mass is 9.85. The van der Waals surface area contributed by atoms with Crippen LogP contribution in [0.15, 0.2) is 79.0 Å². The van der Waals surface area contributed by atoms with E-state index in [2.05, 4.69) is 15.8 Å². The Balaban J connectivity index is 1.58. The van der Waals surface area contributed by atoms with Gasteiger partial charge in [0.15, 0.2) is 5.60 Å². The van der Waals surface area contributed by atoms with E-state index in [-0.39, 0.29) is 16.7 Å². The zero-order valence-corrected chi connectivity index (χ0v) is 18.4. The number of carbonyl (C=O) groups is 3. The van der Waals surface area contributed by atoms with E-state index in [0.717, 1.165) is 0 Å². The number of hydrazine groups is 1. The van der Waals surface area contributed by atoms with Crippen LogP contribution in [0.1, 0.15) is 21.5 Å². The number of H-pyrrole nitrogens is 1. The number of carbonyl (C=O) groups excluding carboxylic acids is 3. The fraction of sp³-hybridized carbons (Fsp3) is 0.0417. The van der Waals surface area contributed by atoms with Crippen molar-refractivity contribution in [2.24, 2.45) is 0 Å². The van der Waals surface area contributed by atoms with E-state index in [0.29, 0.717) is 20.9 Å². The standard InChI is InChI=1S/C24H17Cl2N3O4/c25-16-9-5-14(6-10-16)24(33,15-7-11-17(26)12-8-15)23(32)29-28-22(31)21(30)19-13-27-20-4-2-1-3-18(19)20/h1-13,27,33H,(H,28,31)(H,29,32). The van der Waals surface area contributed by atoms with Gasteiger partial charge >= 0.3 is 5.91 Å². The van der Waals surface area contributed by atoms with Crippen molar-refractivity contribution < 1.29 is 19.5 Å². The first-order valence-electron chi connectivity index (χ1n) is 9.76. The number of fused-ring (bicyclic) bond motifs is 1. The number of aliphatic hydroxyl groups is 1. The number of nitrogens with one attached hydrogen (secondary N) is 3. The Hall–Kier alpha value is -3.65. The largest absolute Gasteiger partial charge is 0.372 e. The van der Waals surface area contributed by atoms with Gasteiger partial charge in [0.1, 0.15) is 0 Å². The number of ketones is 1.